The van der Waals surface area contributed by atoms with Crippen molar-refractivity contribution in [1.29, 1.82) is 0 Å². The van der Waals surface area contributed by atoms with Gasteiger partial charge in [0.05, 0.1) is 6.10 Å². The summed E-state index contributed by atoms with van der Waals surface area (Å²) in [6, 6.07) is 0. The average molecular weight is 156 g/mol. The Labute approximate surface area is 67.7 Å². The van der Waals surface area contributed by atoms with Crippen molar-refractivity contribution < 1.29 is 4.74 Å². The van der Waals surface area contributed by atoms with E-state index in [2.05, 4.69) is 24.3 Å². The highest BCUT2D eigenvalue weighted by Gasteiger charge is 2.38. The first kappa shape index (κ1) is 7.53. The molecule has 0 aromatic rings. The molecule has 1 N–H and O–H groups in total. The van der Waals surface area contributed by atoms with Crippen LogP contribution in [0.3, 0.4) is 0 Å². The van der Waals surface area contributed by atoms with Crippen LogP contribution in [0.1, 0.15) is 6.42 Å². The third-order valence-corrected chi connectivity index (χ3v) is 2.69. The number of fused-ring (bicyclic) bond motifs is 1. The number of nitrogens with zero attached hydrogens (tertiary/aromatic N) is 1. The maximum atomic E-state index is 5.81. The first-order chi connectivity index (χ1) is 5.27. The van der Waals surface area contributed by atoms with Gasteiger partial charge in [0.2, 0.25) is 0 Å². The number of nitrogens with one attached hydrogen (secondary N) is 1. The van der Waals surface area contributed by atoms with Gasteiger partial charge in [0.15, 0.2) is 0 Å². The van der Waals surface area contributed by atoms with Crippen LogP contribution in [-0.2, 0) is 4.74 Å². The van der Waals surface area contributed by atoms with Gasteiger partial charge in [0.25, 0.3) is 0 Å². The third kappa shape index (κ3) is 1.28. The molecule has 2 aliphatic rings. The largest absolute Gasteiger partial charge is 0.358 e. The van der Waals surface area contributed by atoms with Gasteiger partial charge in [-0.3, -0.25) is 4.90 Å². The van der Waals surface area contributed by atoms with Gasteiger partial charge >= 0.3 is 0 Å². The number of hydrogen-bond acceptors (Lipinski definition) is 3. The van der Waals surface area contributed by atoms with Crippen molar-refractivity contribution in [2.24, 2.45) is 5.92 Å². The van der Waals surface area contributed by atoms with Gasteiger partial charge in [-0.05, 0) is 20.5 Å². The molecular weight excluding hydrogens is 140 g/mol. The SMILES string of the molecule is CN(C)C1CC2CNCC2O1. The van der Waals surface area contributed by atoms with E-state index in [0.29, 0.717) is 12.3 Å². The Bertz CT molecular complexity index is 137. The molecule has 2 aliphatic heterocycles. The maximum Gasteiger partial charge on any atom is 0.110 e. The van der Waals surface area contributed by atoms with Crippen molar-refractivity contribution in [3.8, 4) is 0 Å². The predicted octanol–water partition coefficient (Wildman–Crippen LogP) is -0.118. The van der Waals surface area contributed by atoms with E-state index in [9.17, 15) is 0 Å². The minimum absolute atomic E-state index is 0.368. The van der Waals surface area contributed by atoms with E-state index >= 15 is 0 Å². The predicted molar refractivity (Wildman–Crippen MR) is 43.3 cm³/mol. The Hall–Kier alpha value is -0.120. The zero-order valence-corrected chi connectivity index (χ0v) is 7.21. The average Bonchev–Trinajstić information content (AvgIpc) is 2.40. The third-order valence-electron chi connectivity index (χ3n) is 2.69. The summed E-state index contributed by atoms with van der Waals surface area (Å²) in [6.07, 6.45) is 2.06. The Morgan fingerprint density at radius 1 is 1.36 bits per heavy atom. The van der Waals surface area contributed by atoms with Crippen LogP contribution >= 0.6 is 0 Å². The number of rotatable bonds is 1. The molecule has 0 radical (unpaired) electrons. The van der Waals surface area contributed by atoms with E-state index in [-0.39, 0.29) is 0 Å². The molecule has 0 aromatic heterocycles. The van der Waals surface area contributed by atoms with Crippen LogP contribution in [0.4, 0.5) is 0 Å². The lowest BCUT2D eigenvalue weighted by Crippen LogP contribution is -2.30. The van der Waals surface area contributed by atoms with Crippen molar-refractivity contribution in [3.05, 3.63) is 0 Å². The molecule has 2 fully saturated rings. The number of hydrogen-bond donors (Lipinski definition) is 1. The molecule has 2 saturated heterocycles. The van der Waals surface area contributed by atoms with E-state index in [1.54, 1.807) is 0 Å². The Kier molecular flexibility index (Phi) is 1.87. The molecule has 0 amide bonds. The van der Waals surface area contributed by atoms with Crippen LogP contribution in [0, 0.1) is 5.92 Å². The minimum Gasteiger partial charge on any atom is -0.358 e. The fourth-order valence-corrected chi connectivity index (χ4v) is 1.95. The highest BCUT2D eigenvalue weighted by Crippen LogP contribution is 2.29. The molecule has 0 spiro atoms. The second-order valence-electron chi connectivity index (χ2n) is 3.75. The highest BCUT2D eigenvalue weighted by molar-refractivity contribution is 4.89. The fraction of sp³-hybridized carbons (Fsp3) is 1.00. The molecule has 3 unspecified atom stereocenters. The summed E-state index contributed by atoms with van der Waals surface area (Å²) in [7, 11) is 4.16. The van der Waals surface area contributed by atoms with Gasteiger partial charge in [-0.1, -0.05) is 0 Å². The summed E-state index contributed by atoms with van der Waals surface area (Å²) >= 11 is 0. The zero-order valence-electron chi connectivity index (χ0n) is 7.21. The summed E-state index contributed by atoms with van der Waals surface area (Å²) < 4.78 is 5.81. The van der Waals surface area contributed by atoms with Gasteiger partial charge in [0, 0.05) is 19.0 Å². The molecule has 0 aromatic carbocycles. The smallest absolute Gasteiger partial charge is 0.110 e. The summed E-state index contributed by atoms with van der Waals surface area (Å²) in [4.78, 5) is 2.16. The summed E-state index contributed by atoms with van der Waals surface area (Å²) in [6.45, 7) is 2.20. The van der Waals surface area contributed by atoms with Gasteiger partial charge in [-0.2, -0.15) is 0 Å². The topological polar surface area (TPSA) is 24.5 Å². The van der Waals surface area contributed by atoms with Crippen LogP contribution in [-0.4, -0.2) is 44.4 Å². The fourth-order valence-electron chi connectivity index (χ4n) is 1.95. The quantitative estimate of drug-likeness (QED) is 0.573. The lowest BCUT2D eigenvalue weighted by molar-refractivity contribution is -0.0290. The Morgan fingerprint density at radius 3 is 2.82 bits per heavy atom. The molecule has 0 saturated carbocycles. The Balaban J connectivity index is 1.94. The normalized spacial score (nSPS) is 43.4. The molecular formula is C8H16N2O. The van der Waals surface area contributed by atoms with Crippen LogP contribution in [0.25, 0.3) is 0 Å². The van der Waals surface area contributed by atoms with Crippen LogP contribution < -0.4 is 5.32 Å². The summed E-state index contributed by atoms with van der Waals surface area (Å²) in [5, 5.41) is 3.34. The standard InChI is InChI=1S/C8H16N2O/c1-10(2)8-3-6-4-9-5-7(6)11-8/h6-9H,3-5H2,1-2H3. The molecule has 3 atom stereocenters. The lowest BCUT2D eigenvalue weighted by Gasteiger charge is -2.19. The molecule has 3 nitrogen and oxygen atoms in total. The van der Waals surface area contributed by atoms with E-state index in [1.165, 1.54) is 6.42 Å². The molecule has 64 valence electrons. The molecule has 0 aliphatic carbocycles. The van der Waals surface area contributed by atoms with E-state index in [1.807, 2.05) is 0 Å². The second-order valence-corrected chi connectivity index (χ2v) is 3.75. The van der Waals surface area contributed by atoms with Gasteiger partial charge in [-0.15, -0.1) is 0 Å². The van der Waals surface area contributed by atoms with Crippen molar-refractivity contribution in [2.45, 2.75) is 18.8 Å². The Morgan fingerprint density at radius 2 is 2.18 bits per heavy atom. The van der Waals surface area contributed by atoms with E-state index < -0.39 is 0 Å². The van der Waals surface area contributed by atoms with E-state index in [0.717, 1.165) is 19.0 Å². The maximum absolute atomic E-state index is 5.81. The van der Waals surface area contributed by atoms with Crippen molar-refractivity contribution >= 4 is 0 Å². The highest BCUT2D eigenvalue weighted by atomic mass is 16.5. The lowest BCUT2D eigenvalue weighted by atomic mass is 10.1. The molecule has 11 heavy (non-hydrogen) atoms. The van der Waals surface area contributed by atoms with Crippen LogP contribution in [0.2, 0.25) is 0 Å². The molecule has 2 heterocycles. The van der Waals surface area contributed by atoms with Crippen molar-refractivity contribution in [2.75, 3.05) is 27.2 Å². The monoisotopic (exact) mass is 156 g/mol. The zero-order chi connectivity index (χ0) is 7.84. The first-order valence-corrected chi connectivity index (χ1v) is 4.30. The van der Waals surface area contributed by atoms with Gasteiger partial charge < -0.3 is 10.1 Å². The number of ether oxygens (including phenoxy) is 1. The molecule has 3 heteroatoms. The van der Waals surface area contributed by atoms with Gasteiger partial charge in [-0.25, -0.2) is 0 Å². The molecule has 0 bridgehead atoms. The second kappa shape index (κ2) is 2.73. The van der Waals surface area contributed by atoms with Crippen molar-refractivity contribution in [1.82, 2.24) is 10.2 Å². The first-order valence-electron chi connectivity index (χ1n) is 4.30. The van der Waals surface area contributed by atoms with Gasteiger partial charge in [0.1, 0.15) is 6.23 Å². The van der Waals surface area contributed by atoms with Crippen LogP contribution in [0.5, 0.6) is 0 Å². The van der Waals surface area contributed by atoms with E-state index in [4.69, 9.17) is 4.74 Å². The summed E-state index contributed by atoms with van der Waals surface area (Å²) in [5.74, 6) is 0.766. The minimum atomic E-state index is 0.368. The van der Waals surface area contributed by atoms with Crippen LogP contribution in [0.15, 0.2) is 0 Å². The molecule has 2 rings (SSSR count). The van der Waals surface area contributed by atoms with Crippen molar-refractivity contribution in [3.63, 3.8) is 0 Å². The summed E-state index contributed by atoms with van der Waals surface area (Å²) in [5.41, 5.74) is 0.